The average Bonchev–Trinajstić information content (AvgIpc) is 2.82. The van der Waals surface area contributed by atoms with Crippen molar-refractivity contribution in [2.24, 2.45) is 0 Å². The fourth-order valence-electron chi connectivity index (χ4n) is 4.82. The number of hydrogen-bond donors (Lipinski definition) is 3. The zero-order chi connectivity index (χ0) is 26.5. The molecule has 3 rings (SSSR count). The number of para-hydroxylation sites is 1. The van der Waals surface area contributed by atoms with E-state index in [4.69, 9.17) is 0 Å². The second kappa shape index (κ2) is 11.7. The molecule has 0 bridgehead atoms. The number of phenolic OH excluding ortho intramolecular Hbond substituents is 2. The molecular formula is C26H32F3N3O4. The number of piperidine rings is 1. The van der Waals surface area contributed by atoms with Crippen molar-refractivity contribution < 1.29 is 33.0 Å². The number of nitrogens with zero attached hydrogens (tertiary/aromatic N) is 2. The van der Waals surface area contributed by atoms with E-state index >= 15 is 0 Å². The van der Waals surface area contributed by atoms with Gasteiger partial charge in [0, 0.05) is 24.2 Å². The lowest BCUT2D eigenvalue weighted by molar-refractivity contribution is -0.139. The second-order valence-corrected chi connectivity index (χ2v) is 9.29. The lowest BCUT2D eigenvalue weighted by Gasteiger charge is -2.37. The van der Waals surface area contributed by atoms with Crippen molar-refractivity contribution in [3.63, 3.8) is 0 Å². The van der Waals surface area contributed by atoms with Crippen LogP contribution in [0, 0.1) is 0 Å². The highest BCUT2D eigenvalue weighted by Gasteiger charge is 2.36. The summed E-state index contributed by atoms with van der Waals surface area (Å²) in [6.07, 6.45) is -2.10. The molecule has 0 aliphatic carbocycles. The van der Waals surface area contributed by atoms with E-state index in [9.17, 15) is 33.0 Å². The predicted octanol–water partition coefficient (Wildman–Crippen LogP) is 4.34. The Bertz CT molecular complexity index is 1070. The van der Waals surface area contributed by atoms with Gasteiger partial charge < -0.3 is 20.4 Å². The number of rotatable bonds is 10. The largest absolute Gasteiger partial charge is 0.504 e. The number of phenols is 2. The number of halogens is 3. The maximum atomic E-state index is 13.3. The third-order valence-electron chi connectivity index (χ3n) is 6.88. The van der Waals surface area contributed by atoms with Gasteiger partial charge in [0.15, 0.2) is 11.5 Å². The summed E-state index contributed by atoms with van der Waals surface area (Å²) < 4.78 is 39.8. The Morgan fingerprint density at radius 3 is 2.50 bits per heavy atom. The monoisotopic (exact) mass is 507 g/mol. The number of ketones is 1. The van der Waals surface area contributed by atoms with E-state index in [1.165, 1.54) is 6.92 Å². The molecular weight excluding hydrogens is 475 g/mol. The zero-order valence-electron chi connectivity index (χ0n) is 20.4. The van der Waals surface area contributed by atoms with Gasteiger partial charge in [0.05, 0.1) is 0 Å². The molecule has 0 saturated carbocycles. The Balaban J connectivity index is 1.59. The molecule has 0 spiro atoms. The first-order valence-electron chi connectivity index (χ1n) is 11.9. The number of anilines is 1. The molecule has 2 aromatic carbocycles. The highest BCUT2D eigenvalue weighted by molar-refractivity contribution is 5.83. The van der Waals surface area contributed by atoms with Crippen LogP contribution in [0.15, 0.2) is 36.4 Å². The van der Waals surface area contributed by atoms with E-state index in [2.05, 4.69) is 15.1 Å². The van der Waals surface area contributed by atoms with Gasteiger partial charge in [-0.25, -0.2) is 0 Å². The molecule has 1 fully saturated rings. The third kappa shape index (κ3) is 6.76. The highest BCUT2D eigenvalue weighted by Crippen LogP contribution is 2.43. The summed E-state index contributed by atoms with van der Waals surface area (Å²) in [7, 11) is 2.04. The molecule has 36 heavy (non-hydrogen) atoms. The maximum absolute atomic E-state index is 13.3. The molecule has 1 aliphatic rings. The standard InChI is InChI=1S/C26H32F3N3O4/c1-17(34)21(19-13-22(26(27,28)29)25(36)24(35)14-19)9-12-32-10-7-20(8-11-32)31(2)15-18-5-3-4-6-23(18)30-16-33/h3-6,13-14,16,20-21,35-36H,7-12,15H2,1-2H3,(H,30,33). The summed E-state index contributed by atoms with van der Waals surface area (Å²) in [4.78, 5) is 27.6. The number of carbonyl (C=O) groups excluding carboxylic acids is 2. The Morgan fingerprint density at radius 1 is 1.22 bits per heavy atom. The van der Waals surface area contributed by atoms with E-state index in [1.54, 1.807) is 0 Å². The molecule has 1 amide bonds. The topological polar surface area (TPSA) is 93.1 Å². The first kappa shape index (κ1) is 27.5. The third-order valence-corrected chi connectivity index (χ3v) is 6.88. The van der Waals surface area contributed by atoms with Crippen molar-refractivity contribution in [3.8, 4) is 11.5 Å². The minimum Gasteiger partial charge on any atom is -0.504 e. The summed E-state index contributed by atoms with van der Waals surface area (Å²) in [5.74, 6) is -3.24. The van der Waals surface area contributed by atoms with Gasteiger partial charge in [-0.3, -0.25) is 14.5 Å². The molecule has 0 radical (unpaired) electrons. The minimum atomic E-state index is -4.85. The Hall–Kier alpha value is -3.11. The fraction of sp³-hybridized carbons (Fsp3) is 0.462. The van der Waals surface area contributed by atoms with Crippen molar-refractivity contribution in [2.75, 3.05) is 32.0 Å². The Kier molecular flexibility index (Phi) is 8.97. The van der Waals surface area contributed by atoms with Crippen LogP contribution in [0.5, 0.6) is 11.5 Å². The molecule has 3 N–H and O–H groups in total. The van der Waals surface area contributed by atoms with Crippen LogP contribution in [0.1, 0.15) is 48.8 Å². The van der Waals surface area contributed by atoms with Crippen molar-refractivity contribution in [3.05, 3.63) is 53.1 Å². The molecule has 2 aromatic rings. The number of alkyl halides is 3. The lowest BCUT2D eigenvalue weighted by atomic mass is 9.89. The minimum absolute atomic E-state index is 0.0438. The zero-order valence-corrected chi connectivity index (χ0v) is 20.4. The van der Waals surface area contributed by atoms with Crippen LogP contribution in [0.2, 0.25) is 0 Å². The number of benzene rings is 2. The first-order valence-corrected chi connectivity index (χ1v) is 11.9. The van der Waals surface area contributed by atoms with Gasteiger partial charge in [0.25, 0.3) is 0 Å². The van der Waals surface area contributed by atoms with Crippen molar-refractivity contribution in [1.82, 2.24) is 9.80 Å². The van der Waals surface area contributed by atoms with Gasteiger partial charge in [0.2, 0.25) is 6.41 Å². The summed E-state index contributed by atoms with van der Waals surface area (Å²) in [6.45, 7) is 4.08. The summed E-state index contributed by atoms with van der Waals surface area (Å²) in [5.41, 5.74) is 0.495. The first-order chi connectivity index (χ1) is 17.0. The molecule has 1 saturated heterocycles. The fourth-order valence-corrected chi connectivity index (χ4v) is 4.82. The van der Waals surface area contributed by atoms with Crippen LogP contribution < -0.4 is 5.32 Å². The number of likely N-dealkylation sites (tertiary alicyclic amines) is 1. The highest BCUT2D eigenvalue weighted by atomic mass is 19.4. The van der Waals surface area contributed by atoms with Gasteiger partial charge in [-0.1, -0.05) is 18.2 Å². The summed E-state index contributed by atoms with van der Waals surface area (Å²) in [6, 6.07) is 9.75. The smallest absolute Gasteiger partial charge is 0.420 e. The number of amides is 1. The van der Waals surface area contributed by atoms with Gasteiger partial charge in [-0.15, -0.1) is 0 Å². The van der Waals surface area contributed by atoms with Crippen LogP contribution in [0.4, 0.5) is 18.9 Å². The average molecular weight is 508 g/mol. The maximum Gasteiger partial charge on any atom is 0.420 e. The summed E-state index contributed by atoms with van der Waals surface area (Å²) >= 11 is 0. The second-order valence-electron chi connectivity index (χ2n) is 9.29. The molecule has 1 heterocycles. The molecule has 196 valence electrons. The molecule has 1 unspecified atom stereocenters. The van der Waals surface area contributed by atoms with Gasteiger partial charge in [-0.05, 0) is 82.2 Å². The molecule has 1 aliphatic heterocycles. The van der Waals surface area contributed by atoms with E-state index < -0.39 is 29.2 Å². The SMILES string of the molecule is CC(=O)C(CCN1CCC(N(C)Cc2ccccc2NC=O)CC1)c1cc(O)c(O)c(C(F)(F)F)c1. The lowest BCUT2D eigenvalue weighted by Crippen LogP contribution is -2.43. The van der Waals surface area contributed by atoms with Crippen LogP contribution in [-0.2, 0) is 22.3 Å². The van der Waals surface area contributed by atoms with Gasteiger partial charge in [-0.2, -0.15) is 13.2 Å². The molecule has 10 heteroatoms. The van der Waals surface area contributed by atoms with Gasteiger partial charge in [0.1, 0.15) is 11.3 Å². The Morgan fingerprint density at radius 2 is 1.89 bits per heavy atom. The quantitative estimate of drug-likeness (QED) is 0.327. The number of Topliss-reactive ketones (excluding diaryl/α,β-unsaturated/α-hetero) is 1. The predicted molar refractivity (Wildman–Crippen MR) is 130 cm³/mol. The Labute approximate surface area is 208 Å². The number of hydrogen-bond acceptors (Lipinski definition) is 6. The van der Waals surface area contributed by atoms with Crippen molar-refractivity contribution in [2.45, 2.75) is 50.9 Å². The number of aromatic hydroxyl groups is 2. The van der Waals surface area contributed by atoms with Crippen LogP contribution >= 0.6 is 0 Å². The number of carbonyl (C=O) groups is 2. The molecule has 7 nitrogen and oxygen atoms in total. The van der Waals surface area contributed by atoms with Crippen LogP contribution in [0.3, 0.4) is 0 Å². The molecule has 1 atom stereocenters. The van der Waals surface area contributed by atoms with Crippen molar-refractivity contribution in [1.29, 1.82) is 0 Å². The van der Waals surface area contributed by atoms with E-state index in [0.29, 0.717) is 32.0 Å². The van der Waals surface area contributed by atoms with Crippen LogP contribution in [0.25, 0.3) is 0 Å². The van der Waals surface area contributed by atoms with Crippen LogP contribution in [-0.4, -0.2) is 64.9 Å². The van der Waals surface area contributed by atoms with E-state index in [0.717, 1.165) is 49.3 Å². The normalized spacial score (nSPS) is 16.2. The van der Waals surface area contributed by atoms with Crippen molar-refractivity contribution >= 4 is 17.9 Å². The van der Waals surface area contributed by atoms with E-state index in [-0.39, 0.29) is 11.3 Å². The number of nitrogens with one attached hydrogen (secondary N) is 1. The van der Waals surface area contributed by atoms with E-state index in [1.807, 2.05) is 31.3 Å². The molecule has 0 aromatic heterocycles. The summed E-state index contributed by atoms with van der Waals surface area (Å²) in [5, 5.41) is 22.2. The van der Waals surface area contributed by atoms with Gasteiger partial charge >= 0.3 is 6.18 Å².